The summed E-state index contributed by atoms with van der Waals surface area (Å²) < 4.78 is 0. The number of pyridine rings is 4. The minimum atomic E-state index is 0.848. The van der Waals surface area contributed by atoms with Crippen molar-refractivity contribution in [1.29, 1.82) is 0 Å². The zero-order chi connectivity index (χ0) is 43.3. The zero-order valence-corrected chi connectivity index (χ0v) is 36.2. The Balaban J connectivity index is 1.01. The summed E-state index contributed by atoms with van der Waals surface area (Å²) in [5.41, 5.74) is 16.2. The Bertz CT molecular complexity index is 3220. The molecule has 11 rings (SSSR count). The van der Waals surface area contributed by atoms with E-state index in [-0.39, 0.29) is 0 Å². The summed E-state index contributed by atoms with van der Waals surface area (Å²) in [6, 6.07) is 67.8. The lowest BCUT2D eigenvalue weighted by molar-refractivity contribution is 1.20. The van der Waals surface area contributed by atoms with E-state index in [4.69, 9.17) is 19.9 Å². The van der Waals surface area contributed by atoms with Gasteiger partial charge in [-0.1, -0.05) is 109 Å². The van der Waals surface area contributed by atoms with Crippen molar-refractivity contribution in [2.75, 3.05) is 9.80 Å². The van der Waals surface area contributed by atoms with Crippen molar-refractivity contribution in [3.63, 3.8) is 0 Å². The Morgan fingerprint density at radius 1 is 0.297 bits per heavy atom. The van der Waals surface area contributed by atoms with Crippen molar-refractivity contribution in [1.82, 2.24) is 19.9 Å². The maximum atomic E-state index is 5.41. The van der Waals surface area contributed by atoms with E-state index in [1.54, 1.807) is 0 Å². The van der Waals surface area contributed by atoms with E-state index in [1.165, 1.54) is 0 Å². The van der Waals surface area contributed by atoms with Crippen molar-refractivity contribution in [2.24, 2.45) is 0 Å². The van der Waals surface area contributed by atoms with Gasteiger partial charge in [0.1, 0.15) is 11.6 Å². The van der Waals surface area contributed by atoms with Gasteiger partial charge in [0.2, 0.25) is 0 Å². The van der Waals surface area contributed by atoms with Gasteiger partial charge in [0, 0.05) is 55.4 Å². The first kappa shape index (κ1) is 38.7. The molecule has 0 aliphatic rings. The molecule has 0 fully saturated rings. The summed E-state index contributed by atoms with van der Waals surface area (Å²) in [7, 11) is 0. The maximum absolute atomic E-state index is 5.41. The van der Waals surface area contributed by atoms with Gasteiger partial charge in [-0.3, -0.25) is 9.80 Å². The number of hydrogen-bond donors (Lipinski definition) is 0. The van der Waals surface area contributed by atoms with Crippen LogP contribution in [0.5, 0.6) is 0 Å². The van der Waals surface area contributed by atoms with Gasteiger partial charge in [-0.05, 0) is 135 Å². The average Bonchev–Trinajstić information content (AvgIpc) is 3.33. The lowest BCUT2D eigenvalue weighted by atomic mass is 9.95. The third kappa shape index (κ3) is 6.86. The molecular weight excluding hydrogens is 781 g/mol. The van der Waals surface area contributed by atoms with Gasteiger partial charge in [-0.25, -0.2) is 19.9 Å². The second kappa shape index (κ2) is 15.9. The molecule has 11 aromatic rings. The van der Waals surface area contributed by atoms with Gasteiger partial charge in [0.05, 0.1) is 33.5 Å². The van der Waals surface area contributed by atoms with Crippen molar-refractivity contribution in [2.45, 2.75) is 27.7 Å². The summed E-state index contributed by atoms with van der Waals surface area (Å²) in [5, 5.41) is 4.27. The molecule has 7 aromatic carbocycles. The van der Waals surface area contributed by atoms with E-state index in [2.05, 4.69) is 207 Å². The molecule has 0 unspecified atom stereocenters. The monoisotopic (exact) mass is 824 g/mol. The smallest absolute Gasteiger partial charge is 0.138 e. The fourth-order valence-corrected chi connectivity index (χ4v) is 9.08. The van der Waals surface area contributed by atoms with Crippen LogP contribution in [-0.4, -0.2) is 19.9 Å². The molecule has 4 aromatic heterocycles. The molecule has 0 atom stereocenters. The maximum Gasteiger partial charge on any atom is 0.138 e. The molecule has 0 saturated carbocycles. The predicted molar refractivity (Wildman–Crippen MR) is 267 cm³/mol. The van der Waals surface area contributed by atoms with Crippen LogP contribution >= 0.6 is 0 Å². The van der Waals surface area contributed by atoms with Crippen molar-refractivity contribution < 1.29 is 0 Å². The topological polar surface area (TPSA) is 58.0 Å². The van der Waals surface area contributed by atoms with Gasteiger partial charge >= 0.3 is 0 Å². The number of hydrogen-bond acceptors (Lipinski definition) is 6. The Morgan fingerprint density at radius 3 is 0.969 bits per heavy atom. The van der Waals surface area contributed by atoms with Gasteiger partial charge in [0.25, 0.3) is 0 Å². The van der Waals surface area contributed by atoms with E-state index >= 15 is 0 Å². The lowest BCUT2D eigenvalue weighted by Crippen LogP contribution is -2.12. The highest BCUT2D eigenvalue weighted by Gasteiger charge is 2.20. The molecular formula is C58H44N6. The predicted octanol–water partition coefficient (Wildman–Crippen LogP) is 15.4. The Hall–Kier alpha value is -8.22. The van der Waals surface area contributed by atoms with Crippen LogP contribution < -0.4 is 9.80 Å². The fourth-order valence-electron chi connectivity index (χ4n) is 9.08. The van der Waals surface area contributed by atoms with Gasteiger partial charge in [-0.15, -0.1) is 0 Å². The van der Waals surface area contributed by atoms with Crippen molar-refractivity contribution in [3.05, 3.63) is 216 Å². The summed E-state index contributed by atoms with van der Waals surface area (Å²) in [4.78, 5) is 26.0. The molecule has 0 amide bonds. The van der Waals surface area contributed by atoms with E-state index in [9.17, 15) is 0 Å². The highest BCUT2D eigenvalue weighted by molar-refractivity contribution is 6.07. The van der Waals surface area contributed by atoms with Crippen LogP contribution in [0.1, 0.15) is 22.3 Å². The third-order valence-electron chi connectivity index (χ3n) is 12.3. The molecule has 0 radical (unpaired) electrons. The van der Waals surface area contributed by atoms with Gasteiger partial charge < -0.3 is 0 Å². The molecule has 4 heterocycles. The molecule has 0 saturated heterocycles. The van der Waals surface area contributed by atoms with Crippen LogP contribution in [0, 0.1) is 27.7 Å². The summed E-state index contributed by atoms with van der Waals surface area (Å²) in [6.45, 7) is 8.66. The SMILES string of the molecule is Cc1cc(-c2ccc3ccc4c(C)cc(N(c5ccccc5)c5ccccc5)nc4c3n2)c(C)cc1-c1ccc2ccc3c(C)cc(N(c4ccccc4)c4ccccc4)nc3c2n1. The number of anilines is 6. The van der Waals surface area contributed by atoms with Gasteiger partial charge in [0.15, 0.2) is 0 Å². The van der Waals surface area contributed by atoms with Crippen molar-refractivity contribution >= 4 is 78.0 Å². The summed E-state index contributed by atoms with van der Waals surface area (Å²) >= 11 is 0. The quantitative estimate of drug-likeness (QED) is 0.142. The summed E-state index contributed by atoms with van der Waals surface area (Å²) in [6.07, 6.45) is 0. The number of aryl methyl sites for hydroxylation is 4. The molecule has 6 nitrogen and oxygen atoms in total. The number of benzene rings is 7. The lowest BCUT2D eigenvalue weighted by Gasteiger charge is -2.25. The molecule has 0 N–H and O–H groups in total. The van der Waals surface area contributed by atoms with E-state index < -0.39 is 0 Å². The molecule has 0 aliphatic carbocycles. The number of rotatable bonds is 8. The second-order valence-electron chi connectivity index (χ2n) is 16.5. The number of fused-ring (bicyclic) bond motifs is 6. The largest absolute Gasteiger partial charge is 0.295 e. The van der Waals surface area contributed by atoms with Crippen molar-refractivity contribution in [3.8, 4) is 22.5 Å². The molecule has 306 valence electrons. The first-order valence-electron chi connectivity index (χ1n) is 21.7. The highest BCUT2D eigenvalue weighted by atomic mass is 15.2. The fraction of sp³-hybridized carbons (Fsp3) is 0.0690. The normalized spacial score (nSPS) is 11.4. The molecule has 0 spiro atoms. The minimum absolute atomic E-state index is 0.848. The average molecular weight is 825 g/mol. The first-order valence-corrected chi connectivity index (χ1v) is 21.7. The Kier molecular flexibility index (Phi) is 9.62. The summed E-state index contributed by atoms with van der Waals surface area (Å²) in [5.74, 6) is 1.70. The molecule has 6 heteroatoms. The van der Waals surface area contributed by atoms with Crippen LogP contribution in [0.25, 0.3) is 66.1 Å². The van der Waals surface area contributed by atoms with Crippen LogP contribution in [0.4, 0.5) is 34.4 Å². The zero-order valence-electron chi connectivity index (χ0n) is 36.2. The van der Waals surface area contributed by atoms with Crippen LogP contribution in [0.2, 0.25) is 0 Å². The molecule has 64 heavy (non-hydrogen) atoms. The number of nitrogens with zero attached hydrogens (tertiary/aromatic N) is 6. The number of para-hydroxylation sites is 4. The Labute approximate surface area is 372 Å². The first-order chi connectivity index (χ1) is 31.4. The standard InChI is InChI=1S/C58H44N6/c1-37-33-50(52-32-28-42-26-30-48-40(4)36-54(62-58(48)56(42)60-52)64(45-21-13-7-14-22-45)46-23-15-8-16-24-46)38(2)34-49(37)51-31-27-41-25-29-47-39(3)35-53(61-57(47)55(41)59-51)63(43-17-9-5-10-18-43)44-19-11-6-12-20-44/h5-36H,1-4H3. The van der Waals surface area contributed by atoms with E-state index in [1.807, 2.05) is 24.3 Å². The van der Waals surface area contributed by atoms with E-state index in [0.717, 1.165) is 123 Å². The molecule has 0 bridgehead atoms. The van der Waals surface area contributed by atoms with Crippen LogP contribution in [-0.2, 0) is 0 Å². The second-order valence-corrected chi connectivity index (χ2v) is 16.5. The number of aromatic nitrogens is 4. The van der Waals surface area contributed by atoms with Crippen LogP contribution in [0.3, 0.4) is 0 Å². The minimum Gasteiger partial charge on any atom is -0.295 e. The Morgan fingerprint density at radius 2 is 0.625 bits per heavy atom. The van der Waals surface area contributed by atoms with Crippen LogP contribution in [0.15, 0.2) is 194 Å². The molecule has 0 aliphatic heterocycles. The highest BCUT2D eigenvalue weighted by Crippen LogP contribution is 2.40. The van der Waals surface area contributed by atoms with Gasteiger partial charge in [-0.2, -0.15) is 0 Å². The third-order valence-corrected chi connectivity index (χ3v) is 12.3. The van der Waals surface area contributed by atoms with E-state index in [0.29, 0.717) is 0 Å².